The molecule has 0 aliphatic heterocycles. The smallest absolute Gasteiger partial charge is 0.309 e. The Morgan fingerprint density at radius 3 is 3.00 bits per heavy atom. The van der Waals surface area contributed by atoms with Crippen molar-refractivity contribution in [1.29, 1.82) is 5.26 Å². The SMILES string of the molecule is COC(=O)Cc1ccnc(C#N)c1C. The highest BCUT2D eigenvalue weighted by molar-refractivity contribution is 5.73. The van der Waals surface area contributed by atoms with Crippen LogP contribution in [0, 0.1) is 18.3 Å². The average molecular weight is 190 g/mol. The average Bonchev–Trinajstić information content (AvgIpc) is 2.21. The molecule has 1 heterocycles. The number of carbonyl (C=O) groups excluding carboxylic acids is 1. The molecule has 1 aromatic heterocycles. The van der Waals surface area contributed by atoms with Gasteiger partial charge in [0.25, 0.3) is 0 Å². The van der Waals surface area contributed by atoms with E-state index in [1.54, 1.807) is 13.0 Å². The monoisotopic (exact) mass is 190 g/mol. The van der Waals surface area contributed by atoms with Crippen LogP contribution < -0.4 is 0 Å². The summed E-state index contributed by atoms with van der Waals surface area (Å²) in [6.45, 7) is 1.77. The zero-order chi connectivity index (χ0) is 10.6. The van der Waals surface area contributed by atoms with Gasteiger partial charge in [-0.3, -0.25) is 4.79 Å². The van der Waals surface area contributed by atoms with Gasteiger partial charge in [-0.25, -0.2) is 4.98 Å². The minimum absolute atomic E-state index is 0.180. The molecule has 0 aromatic carbocycles. The summed E-state index contributed by atoms with van der Waals surface area (Å²) in [7, 11) is 1.34. The molecule has 1 rings (SSSR count). The first kappa shape index (κ1) is 10.2. The number of carbonyl (C=O) groups is 1. The summed E-state index contributed by atoms with van der Waals surface area (Å²) in [5, 5.41) is 8.71. The highest BCUT2D eigenvalue weighted by Gasteiger charge is 2.08. The number of aromatic nitrogens is 1. The number of pyridine rings is 1. The van der Waals surface area contributed by atoms with Gasteiger partial charge in [-0.2, -0.15) is 5.26 Å². The van der Waals surface area contributed by atoms with Crippen molar-refractivity contribution in [3.63, 3.8) is 0 Å². The van der Waals surface area contributed by atoms with Gasteiger partial charge in [-0.1, -0.05) is 0 Å². The van der Waals surface area contributed by atoms with Gasteiger partial charge in [0.05, 0.1) is 13.5 Å². The van der Waals surface area contributed by atoms with E-state index in [1.165, 1.54) is 13.3 Å². The van der Waals surface area contributed by atoms with Gasteiger partial charge < -0.3 is 4.74 Å². The van der Waals surface area contributed by atoms with Crippen molar-refractivity contribution in [3.8, 4) is 6.07 Å². The van der Waals surface area contributed by atoms with Gasteiger partial charge >= 0.3 is 5.97 Å². The van der Waals surface area contributed by atoms with Crippen LogP contribution in [-0.4, -0.2) is 18.1 Å². The van der Waals surface area contributed by atoms with E-state index in [4.69, 9.17) is 5.26 Å². The number of nitrogens with zero attached hydrogens (tertiary/aromatic N) is 2. The second-order valence-corrected chi connectivity index (χ2v) is 2.81. The Morgan fingerprint density at radius 1 is 1.71 bits per heavy atom. The maximum atomic E-state index is 11.0. The van der Waals surface area contributed by atoms with E-state index in [1.807, 2.05) is 6.07 Å². The molecule has 0 saturated heterocycles. The number of hydrogen-bond donors (Lipinski definition) is 0. The fourth-order valence-electron chi connectivity index (χ4n) is 1.11. The third-order valence-corrected chi connectivity index (χ3v) is 1.98. The predicted molar refractivity (Wildman–Crippen MR) is 49.4 cm³/mol. The molecule has 0 aliphatic rings. The third kappa shape index (κ3) is 2.07. The lowest BCUT2D eigenvalue weighted by molar-refractivity contribution is -0.139. The number of ether oxygens (including phenoxy) is 1. The van der Waals surface area contributed by atoms with Gasteiger partial charge in [-0.15, -0.1) is 0 Å². The number of rotatable bonds is 2. The van der Waals surface area contributed by atoms with Crippen LogP contribution in [0.15, 0.2) is 12.3 Å². The summed E-state index contributed by atoms with van der Waals surface area (Å²) < 4.78 is 4.54. The van der Waals surface area contributed by atoms with E-state index in [-0.39, 0.29) is 12.4 Å². The summed E-state index contributed by atoms with van der Waals surface area (Å²) in [4.78, 5) is 14.9. The van der Waals surface area contributed by atoms with Crippen molar-refractivity contribution in [3.05, 3.63) is 29.1 Å². The Morgan fingerprint density at radius 2 is 2.43 bits per heavy atom. The molecule has 0 radical (unpaired) electrons. The van der Waals surface area contributed by atoms with Crippen LogP contribution in [-0.2, 0) is 16.0 Å². The van der Waals surface area contributed by atoms with Crippen LogP contribution in [0.5, 0.6) is 0 Å². The second kappa shape index (κ2) is 4.38. The Balaban J connectivity index is 2.99. The Labute approximate surface area is 82.1 Å². The van der Waals surface area contributed by atoms with Crippen molar-refractivity contribution in [2.45, 2.75) is 13.3 Å². The van der Waals surface area contributed by atoms with Crippen molar-refractivity contribution >= 4 is 5.97 Å². The fraction of sp³-hybridized carbons (Fsp3) is 0.300. The summed E-state index contributed by atoms with van der Waals surface area (Å²) >= 11 is 0. The molecule has 0 unspecified atom stereocenters. The molecule has 14 heavy (non-hydrogen) atoms. The molecule has 0 aliphatic carbocycles. The van der Waals surface area contributed by atoms with E-state index in [9.17, 15) is 4.79 Å². The molecule has 72 valence electrons. The summed E-state index contributed by atoms with van der Waals surface area (Å²) in [5.74, 6) is -0.316. The van der Waals surface area contributed by atoms with E-state index >= 15 is 0 Å². The highest BCUT2D eigenvalue weighted by atomic mass is 16.5. The normalized spacial score (nSPS) is 9.21. The highest BCUT2D eigenvalue weighted by Crippen LogP contribution is 2.11. The Kier molecular flexibility index (Phi) is 3.19. The number of hydrogen-bond acceptors (Lipinski definition) is 4. The first-order valence-electron chi connectivity index (χ1n) is 4.10. The maximum absolute atomic E-state index is 11.0. The first-order valence-corrected chi connectivity index (χ1v) is 4.10. The molecule has 1 aromatic rings. The van der Waals surface area contributed by atoms with Crippen LogP contribution in [0.2, 0.25) is 0 Å². The van der Waals surface area contributed by atoms with E-state index in [0.717, 1.165) is 11.1 Å². The standard InChI is InChI=1S/C10H10N2O2/c1-7-8(5-10(13)14-2)3-4-12-9(7)6-11/h3-4H,5H2,1-2H3. The van der Waals surface area contributed by atoms with Gasteiger partial charge in [-0.05, 0) is 24.1 Å². The first-order chi connectivity index (χ1) is 6.69. The summed E-state index contributed by atoms with van der Waals surface area (Å²) in [6, 6.07) is 3.68. The largest absolute Gasteiger partial charge is 0.469 e. The molecule has 0 fully saturated rings. The second-order valence-electron chi connectivity index (χ2n) is 2.81. The van der Waals surface area contributed by atoms with Gasteiger partial charge in [0.15, 0.2) is 0 Å². The lowest BCUT2D eigenvalue weighted by atomic mass is 10.1. The van der Waals surface area contributed by atoms with Crippen molar-refractivity contribution in [2.24, 2.45) is 0 Å². The van der Waals surface area contributed by atoms with Crippen LogP contribution in [0.1, 0.15) is 16.8 Å². The lowest BCUT2D eigenvalue weighted by Crippen LogP contribution is -2.07. The van der Waals surface area contributed by atoms with Gasteiger partial charge in [0.1, 0.15) is 11.8 Å². The lowest BCUT2D eigenvalue weighted by Gasteiger charge is -2.04. The van der Waals surface area contributed by atoms with Crippen molar-refractivity contribution in [1.82, 2.24) is 4.98 Å². The summed E-state index contributed by atoms with van der Waals surface area (Å²) in [5.41, 5.74) is 1.87. The van der Waals surface area contributed by atoms with Crippen molar-refractivity contribution < 1.29 is 9.53 Å². The Bertz CT molecular complexity index is 394. The van der Waals surface area contributed by atoms with Crippen LogP contribution >= 0.6 is 0 Å². The topological polar surface area (TPSA) is 63.0 Å². The maximum Gasteiger partial charge on any atom is 0.309 e. The zero-order valence-electron chi connectivity index (χ0n) is 8.07. The number of esters is 1. The van der Waals surface area contributed by atoms with Gasteiger partial charge in [0, 0.05) is 6.20 Å². The van der Waals surface area contributed by atoms with E-state index in [0.29, 0.717) is 5.69 Å². The van der Waals surface area contributed by atoms with Crippen LogP contribution in [0.4, 0.5) is 0 Å². The molecule has 4 nitrogen and oxygen atoms in total. The minimum Gasteiger partial charge on any atom is -0.469 e. The Hall–Kier alpha value is -1.89. The molecule has 0 amide bonds. The molecule has 4 heteroatoms. The summed E-state index contributed by atoms with van der Waals surface area (Å²) in [6.07, 6.45) is 1.70. The fourth-order valence-corrected chi connectivity index (χ4v) is 1.11. The van der Waals surface area contributed by atoms with Crippen LogP contribution in [0.3, 0.4) is 0 Å². The predicted octanol–water partition coefficient (Wildman–Crippen LogP) is 0.977. The molecule has 0 N–H and O–H groups in total. The molecule has 0 bridgehead atoms. The van der Waals surface area contributed by atoms with Crippen LogP contribution in [0.25, 0.3) is 0 Å². The molecule has 0 spiro atoms. The molecule has 0 saturated carbocycles. The molecular weight excluding hydrogens is 180 g/mol. The third-order valence-electron chi connectivity index (χ3n) is 1.98. The number of nitriles is 1. The van der Waals surface area contributed by atoms with E-state index in [2.05, 4.69) is 9.72 Å². The zero-order valence-corrected chi connectivity index (χ0v) is 8.07. The molecular formula is C10H10N2O2. The van der Waals surface area contributed by atoms with E-state index < -0.39 is 0 Å². The minimum atomic E-state index is -0.316. The number of methoxy groups -OCH3 is 1. The van der Waals surface area contributed by atoms with Gasteiger partial charge in [0.2, 0.25) is 0 Å². The van der Waals surface area contributed by atoms with Crippen molar-refractivity contribution in [2.75, 3.05) is 7.11 Å². The quantitative estimate of drug-likeness (QED) is 0.652. The molecule has 0 atom stereocenters.